The van der Waals surface area contributed by atoms with Crippen LogP contribution < -0.4 is 10.6 Å². The predicted molar refractivity (Wildman–Crippen MR) is 71.7 cm³/mol. The van der Waals surface area contributed by atoms with Crippen molar-refractivity contribution in [2.45, 2.75) is 25.6 Å². The van der Waals surface area contributed by atoms with Crippen molar-refractivity contribution in [3.63, 3.8) is 0 Å². The van der Waals surface area contributed by atoms with Gasteiger partial charge in [0.25, 0.3) is 0 Å². The fourth-order valence-electron chi connectivity index (χ4n) is 2.05. The maximum absolute atomic E-state index is 12.0. The number of carboxylic acid groups (broad SMARTS) is 1. The molecule has 1 rings (SSSR count). The van der Waals surface area contributed by atoms with Gasteiger partial charge in [-0.25, -0.2) is 4.79 Å². The normalized spacial score (nSPS) is 20.7. The van der Waals surface area contributed by atoms with Gasteiger partial charge in [-0.3, -0.25) is 9.59 Å². The van der Waals surface area contributed by atoms with Crippen molar-refractivity contribution in [1.29, 1.82) is 0 Å². The zero-order valence-electron chi connectivity index (χ0n) is 12.1. The fourth-order valence-corrected chi connectivity index (χ4v) is 2.05. The lowest BCUT2D eigenvalue weighted by Gasteiger charge is -2.42. The van der Waals surface area contributed by atoms with Crippen LogP contribution in [0.1, 0.15) is 13.8 Å². The van der Waals surface area contributed by atoms with Crippen molar-refractivity contribution in [2.24, 2.45) is 0 Å². The lowest BCUT2D eigenvalue weighted by Crippen LogP contribution is -2.58. The van der Waals surface area contributed by atoms with E-state index in [0.29, 0.717) is 6.54 Å². The van der Waals surface area contributed by atoms with Crippen LogP contribution in [0.25, 0.3) is 0 Å². The first-order valence-electron chi connectivity index (χ1n) is 6.53. The topological polar surface area (TPSA) is 128 Å². The van der Waals surface area contributed by atoms with E-state index < -0.39 is 36.2 Å². The van der Waals surface area contributed by atoms with E-state index in [1.807, 2.05) is 0 Å². The second kappa shape index (κ2) is 7.23. The van der Waals surface area contributed by atoms with Gasteiger partial charge >= 0.3 is 12.0 Å². The number of carboxylic acids is 1. The molecule has 9 nitrogen and oxygen atoms in total. The molecule has 1 aliphatic rings. The number of aliphatic hydroxyl groups is 1. The number of nitrogens with one attached hydrogen (secondary N) is 2. The lowest BCUT2D eigenvalue weighted by molar-refractivity contribution is -0.139. The monoisotopic (exact) mass is 303 g/mol. The third kappa shape index (κ3) is 5.96. The van der Waals surface area contributed by atoms with Gasteiger partial charge in [0.2, 0.25) is 5.91 Å². The molecule has 1 heterocycles. The minimum absolute atomic E-state index is 0.202. The molecule has 4 N–H and O–H groups in total. The molecule has 0 spiro atoms. The molecular weight excluding hydrogens is 282 g/mol. The van der Waals surface area contributed by atoms with E-state index in [1.54, 1.807) is 13.8 Å². The highest BCUT2D eigenvalue weighted by Crippen LogP contribution is 2.20. The number of carbonyl (C=O) groups excluding carboxylic acids is 2. The second-order valence-corrected chi connectivity index (χ2v) is 5.39. The number of urea groups is 1. The highest BCUT2D eigenvalue weighted by molar-refractivity contribution is 5.86. The molecule has 1 atom stereocenters. The predicted octanol–water partition coefficient (Wildman–Crippen LogP) is -1.63. The van der Waals surface area contributed by atoms with Crippen molar-refractivity contribution in [3.05, 3.63) is 0 Å². The average Bonchev–Trinajstić information content (AvgIpc) is 2.40. The number of nitrogens with zero attached hydrogens (tertiary/aromatic N) is 1. The van der Waals surface area contributed by atoms with Crippen LogP contribution in [0.15, 0.2) is 0 Å². The summed E-state index contributed by atoms with van der Waals surface area (Å²) in [5.41, 5.74) is -0.589. The lowest BCUT2D eigenvalue weighted by atomic mass is 10.1. The second-order valence-electron chi connectivity index (χ2n) is 5.39. The van der Waals surface area contributed by atoms with Crippen molar-refractivity contribution in [3.8, 4) is 0 Å². The molecule has 0 bridgehead atoms. The van der Waals surface area contributed by atoms with Gasteiger partial charge in [-0.15, -0.1) is 0 Å². The van der Waals surface area contributed by atoms with Crippen molar-refractivity contribution in [1.82, 2.24) is 15.5 Å². The molecule has 0 radical (unpaired) electrons. The van der Waals surface area contributed by atoms with E-state index >= 15 is 0 Å². The van der Waals surface area contributed by atoms with E-state index in [4.69, 9.17) is 14.9 Å². The van der Waals surface area contributed by atoms with E-state index in [2.05, 4.69) is 10.6 Å². The van der Waals surface area contributed by atoms with E-state index in [1.165, 1.54) is 4.90 Å². The minimum atomic E-state index is -1.16. The zero-order chi connectivity index (χ0) is 16.0. The molecule has 1 aliphatic heterocycles. The van der Waals surface area contributed by atoms with Gasteiger partial charge in [0.1, 0.15) is 6.54 Å². The van der Waals surface area contributed by atoms with Crippen LogP contribution in [-0.4, -0.2) is 77.5 Å². The minimum Gasteiger partial charge on any atom is -0.480 e. The maximum atomic E-state index is 12.0. The number of ether oxygens (including phenoxy) is 1. The molecule has 1 fully saturated rings. The largest absolute Gasteiger partial charge is 0.480 e. The summed E-state index contributed by atoms with van der Waals surface area (Å²) in [5, 5.41) is 22.1. The van der Waals surface area contributed by atoms with Crippen LogP contribution in [0.3, 0.4) is 0 Å². The molecular formula is C12H21N3O6. The van der Waals surface area contributed by atoms with Crippen LogP contribution in [0.5, 0.6) is 0 Å². The average molecular weight is 303 g/mol. The van der Waals surface area contributed by atoms with E-state index in [-0.39, 0.29) is 19.7 Å². The summed E-state index contributed by atoms with van der Waals surface area (Å²) in [4.78, 5) is 35.0. The molecule has 120 valence electrons. The number of aliphatic hydroxyl groups excluding tert-OH is 1. The standard InChI is InChI=1S/C12H21N3O6/c1-12(2)7-15(5-8(6-16)21-12)11(20)14-3-9(17)13-4-10(18)19/h8,16H,3-7H2,1-2H3,(H,13,17)(H,14,20)(H,18,19). The molecule has 1 unspecified atom stereocenters. The number of carbonyl (C=O) groups is 3. The Morgan fingerprint density at radius 3 is 2.52 bits per heavy atom. The Bertz CT molecular complexity index is 412. The first-order chi connectivity index (χ1) is 9.73. The first kappa shape index (κ1) is 17.2. The SMILES string of the molecule is CC1(C)CN(C(=O)NCC(=O)NCC(=O)O)CC(CO)O1. The number of aliphatic carboxylic acids is 1. The van der Waals surface area contributed by atoms with E-state index in [9.17, 15) is 14.4 Å². The Hall–Kier alpha value is -1.87. The molecule has 0 saturated carbocycles. The summed E-state index contributed by atoms with van der Waals surface area (Å²) in [6.07, 6.45) is -0.472. The molecule has 21 heavy (non-hydrogen) atoms. The van der Waals surface area contributed by atoms with Crippen LogP contribution in [0, 0.1) is 0 Å². The number of hydrogen-bond donors (Lipinski definition) is 4. The smallest absolute Gasteiger partial charge is 0.322 e. The summed E-state index contributed by atoms with van der Waals surface area (Å²) < 4.78 is 5.58. The fraction of sp³-hybridized carbons (Fsp3) is 0.750. The Labute approximate surface area is 122 Å². The summed E-state index contributed by atoms with van der Waals surface area (Å²) >= 11 is 0. The van der Waals surface area contributed by atoms with Gasteiger partial charge in [-0.05, 0) is 13.8 Å². The summed E-state index contributed by atoms with van der Waals surface area (Å²) in [7, 11) is 0. The highest BCUT2D eigenvalue weighted by Gasteiger charge is 2.35. The van der Waals surface area contributed by atoms with Gasteiger partial charge in [-0.2, -0.15) is 0 Å². The number of morpholine rings is 1. The molecule has 0 aromatic heterocycles. The summed E-state index contributed by atoms with van der Waals surface area (Å²) in [5.74, 6) is -1.74. The first-order valence-corrected chi connectivity index (χ1v) is 6.53. The number of hydrogen-bond acceptors (Lipinski definition) is 5. The van der Waals surface area contributed by atoms with Crippen LogP contribution in [0.2, 0.25) is 0 Å². The van der Waals surface area contributed by atoms with Crippen molar-refractivity contribution in [2.75, 3.05) is 32.8 Å². The number of amides is 3. The van der Waals surface area contributed by atoms with E-state index in [0.717, 1.165) is 0 Å². The van der Waals surface area contributed by atoms with Gasteiger partial charge < -0.3 is 30.5 Å². The summed E-state index contributed by atoms with van der Waals surface area (Å²) in [6, 6.07) is -0.463. The highest BCUT2D eigenvalue weighted by atomic mass is 16.5. The molecule has 0 aliphatic carbocycles. The quantitative estimate of drug-likeness (QED) is 0.483. The van der Waals surface area contributed by atoms with Gasteiger partial charge in [0.15, 0.2) is 0 Å². The molecule has 0 aromatic rings. The zero-order valence-corrected chi connectivity index (χ0v) is 12.1. The molecule has 1 saturated heterocycles. The molecule has 3 amide bonds. The summed E-state index contributed by atoms with van der Waals surface area (Å²) in [6.45, 7) is 3.14. The Morgan fingerprint density at radius 2 is 1.95 bits per heavy atom. The Morgan fingerprint density at radius 1 is 1.29 bits per heavy atom. The number of rotatable bonds is 5. The molecule has 9 heteroatoms. The Kier molecular flexibility index (Phi) is 5.91. The van der Waals surface area contributed by atoms with Crippen LogP contribution >= 0.6 is 0 Å². The van der Waals surface area contributed by atoms with Crippen molar-refractivity contribution >= 4 is 17.9 Å². The van der Waals surface area contributed by atoms with Gasteiger partial charge in [0, 0.05) is 0 Å². The van der Waals surface area contributed by atoms with Crippen LogP contribution in [-0.2, 0) is 14.3 Å². The molecule has 0 aromatic carbocycles. The van der Waals surface area contributed by atoms with Gasteiger partial charge in [-0.1, -0.05) is 0 Å². The Balaban J connectivity index is 2.43. The third-order valence-electron chi connectivity index (χ3n) is 2.81. The third-order valence-corrected chi connectivity index (χ3v) is 2.81. The van der Waals surface area contributed by atoms with Crippen LogP contribution in [0.4, 0.5) is 4.79 Å². The maximum Gasteiger partial charge on any atom is 0.322 e. The van der Waals surface area contributed by atoms with Crippen molar-refractivity contribution < 1.29 is 29.3 Å². The van der Waals surface area contributed by atoms with Gasteiger partial charge in [0.05, 0.1) is 37.9 Å².